The van der Waals surface area contributed by atoms with Gasteiger partial charge < -0.3 is 14.6 Å². The molecule has 0 fully saturated rings. The van der Waals surface area contributed by atoms with E-state index in [1.54, 1.807) is 37.3 Å². The number of halogens is 2. The molecule has 0 bridgehead atoms. The van der Waals surface area contributed by atoms with E-state index in [9.17, 15) is 14.7 Å². The number of phenols is 1. The number of carbonyl (C=O) groups is 2. The van der Waals surface area contributed by atoms with Gasteiger partial charge in [-0.15, -0.1) is 0 Å². The van der Waals surface area contributed by atoms with Gasteiger partial charge >= 0.3 is 11.9 Å². The highest BCUT2D eigenvalue weighted by atomic mass is 35.5. The monoisotopic (exact) mass is 488 g/mol. The van der Waals surface area contributed by atoms with Gasteiger partial charge in [0.25, 0.3) is 0 Å². The van der Waals surface area contributed by atoms with Crippen LogP contribution >= 0.6 is 23.2 Å². The molecule has 1 aromatic carbocycles. The maximum absolute atomic E-state index is 12.4. The Kier molecular flexibility index (Phi) is 8.25. The Labute approximate surface area is 201 Å². The molecule has 7 nitrogen and oxygen atoms in total. The number of hydrogen-bond donors (Lipinski definition) is 1. The van der Waals surface area contributed by atoms with Crippen molar-refractivity contribution < 1.29 is 24.2 Å². The molecule has 0 spiro atoms. The highest BCUT2D eigenvalue weighted by Crippen LogP contribution is 2.33. The summed E-state index contributed by atoms with van der Waals surface area (Å²) in [6.07, 6.45) is 3.18. The molecule has 1 atom stereocenters. The minimum atomic E-state index is -0.600. The summed E-state index contributed by atoms with van der Waals surface area (Å²) >= 11 is 11.8. The van der Waals surface area contributed by atoms with Gasteiger partial charge in [-0.3, -0.25) is 4.98 Å². The molecule has 0 aliphatic heterocycles. The molecule has 0 saturated heterocycles. The van der Waals surface area contributed by atoms with Gasteiger partial charge in [0.15, 0.2) is 0 Å². The van der Waals surface area contributed by atoms with Crippen LogP contribution in [0.5, 0.6) is 5.75 Å². The van der Waals surface area contributed by atoms with Crippen molar-refractivity contribution in [2.45, 2.75) is 26.2 Å². The van der Waals surface area contributed by atoms with Crippen LogP contribution in [0.15, 0.2) is 48.8 Å². The number of esters is 2. The summed E-state index contributed by atoms with van der Waals surface area (Å²) in [4.78, 5) is 33.0. The second-order valence-electron chi connectivity index (χ2n) is 7.20. The first-order chi connectivity index (χ1) is 15.8. The zero-order chi connectivity index (χ0) is 24.0. The van der Waals surface area contributed by atoms with E-state index in [4.69, 9.17) is 32.7 Å². The van der Waals surface area contributed by atoms with Crippen LogP contribution in [-0.4, -0.2) is 40.2 Å². The van der Waals surface area contributed by atoms with E-state index in [1.807, 2.05) is 6.92 Å². The van der Waals surface area contributed by atoms with Crippen LogP contribution in [0.2, 0.25) is 10.2 Å². The van der Waals surface area contributed by atoms with Crippen molar-refractivity contribution in [2.24, 2.45) is 0 Å². The Hall–Kier alpha value is -3.16. The number of carbonyl (C=O) groups excluding carboxylic acids is 2. The van der Waals surface area contributed by atoms with E-state index in [0.717, 1.165) is 0 Å². The van der Waals surface area contributed by atoms with Gasteiger partial charge in [-0.1, -0.05) is 48.3 Å². The lowest BCUT2D eigenvalue weighted by atomic mass is 9.95. The molecule has 2 aromatic heterocycles. The Balaban J connectivity index is 1.77. The number of aromatic nitrogens is 2. The molecule has 0 radical (unpaired) electrons. The minimum Gasteiger partial charge on any atom is -0.507 e. The summed E-state index contributed by atoms with van der Waals surface area (Å²) in [6, 6.07) is 9.84. The number of nitrogens with zero attached hydrogens (tertiary/aromatic N) is 2. The molecule has 3 rings (SSSR count). The molecule has 0 amide bonds. The van der Waals surface area contributed by atoms with Crippen molar-refractivity contribution >= 4 is 35.1 Å². The normalized spacial score (nSPS) is 11.6. The van der Waals surface area contributed by atoms with Crippen LogP contribution in [0.1, 0.15) is 52.6 Å². The third kappa shape index (κ3) is 6.00. The van der Waals surface area contributed by atoms with Crippen molar-refractivity contribution in [1.29, 1.82) is 0 Å². The van der Waals surface area contributed by atoms with Crippen molar-refractivity contribution in [3.63, 3.8) is 0 Å². The van der Waals surface area contributed by atoms with Gasteiger partial charge in [0.2, 0.25) is 0 Å². The Morgan fingerprint density at radius 2 is 1.70 bits per heavy atom. The van der Waals surface area contributed by atoms with E-state index in [-0.39, 0.29) is 46.2 Å². The topological polar surface area (TPSA) is 98.6 Å². The molecule has 0 aliphatic rings. The zero-order valence-corrected chi connectivity index (χ0v) is 19.6. The molecule has 9 heteroatoms. The molecular formula is C24H22Cl2N2O5. The van der Waals surface area contributed by atoms with Gasteiger partial charge in [-0.05, 0) is 31.5 Å². The van der Waals surface area contributed by atoms with Crippen molar-refractivity contribution in [3.05, 3.63) is 75.8 Å². The van der Waals surface area contributed by atoms with Gasteiger partial charge in [-0.25, -0.2) is 14.6 Å². The van der Waals surface area contributed by atoms with Crippen LogP contribution in [0.25, 0.3) is 11.1 Å². The Morgan fingerprint density at radius 3 is 2.39 bits per heavy atom. The minimum absolute atomic E-state index is 0.0373. The molecule has 2 heterocycles. The largest absolute Gasteiger partial charge is 0.507 e. The molecule has 1 unspecified atom stereocenters. The number of aromatic hydroxyl groups is 1. The average molecular weight is 489 g/mol. The lowest BCUT2D eigenvalue weighted by Crippen LogP contribution is -2.11. The fourth-order valence-corrected chi connectivity index (χ4v) is 3.59. The SMILES string of the molecule is CCOC(=O)c1cnc(C(C)CCOC(=O)c2cnc(Cl)cc2Cl)cc1-c1ccccc1O. The van der Waals surface area contributed by atoms with Gasteiger partial charge in [0, 0.05) is 35.1 Å². The number of pyridine rings is 2. The fourth-order valence-electron chi connectivity index (χ4n) is 3.15. The average Bonchev–Trinajstić information content (AvgIpc) is 2.79. The van der Waals surface area contributed by atoms with E-state index >= 15 is 0 Å². The second-order valence-corrected chi connectivity index (χ2v) is 8.00. The number of para-hydroxylation sites is 1. The van der Waals surface area contributed by atoms with Crippen molar-refractivity contribution in [3.8, 4) is 16.9 Å². The zero-order valence-electron chi connectivity index (χ0n) is 18.0. The van der Waals surface area contributed by atoms with Gasteiger partial charge in [0.05, 0.1) is 29.4 Å². The molecular weight excluding hydrogens is 467 g/mol. The summed E-state index contributed by atoms with van der Waals surface area (Å²) in [5.74, 6) is -1.20. The third-order valence-electron chi connectivity index (χ3n) is 4.94. The summed E-state index contributed by atoms with van der Waals surface area (Å²) in [7, 11) is 0. The predicted molar refractivity (Wildman–Crippen MR) is 125 cm³/mol. The summed E-state index contributed by atoms with van der Waals surface area (Å²) in [6.45, 7) is 3.98. The van der Waals surface area contributed by atoms with E-state index < -0.39 is 11.9 Å². The van der Waals surface area contributed by atoms with Gasteiger partial charge in [0.1, 0.15) is 10.9 Å². The lowest BCUT2D eigenvalue weighted by molar-refractivity contribution is 0.0490. The Bertz CT molecular complexity index is 1170. The third-order valence-corrected chi connectivity index (χ3v) is 5.46. The molecule has 0 saturated carbocycles. The lowest BCUT2D eigenvalue weighted by Gasteiger charge is -2.16. The quantitative estimate of drug-likeness (QED) is 0.321. The highest BCUT2D eigenvalue weighted by Gasteiger charge is 2.20. The molecule has 172 valence electrons. The van der Waals surface area contributed by atoms with Crippen LogP contribution in [0.3, 0.4) is 0 Å². The number of ether oxygens (including phenoxy) is 2. The smallest absolute Gasteiger partial charge is 0.341 e. The van der Waals surface area contributed by atoms with E-state index in [0.29, 0.717) is 23.2 Å². The maximum atomic E-state index is 12.4. The van der Waals surface area contributed by atoms with Crippen LogP contribution < -0.4 is 0 Å². The highest BCUT2D eigenvalue weighted by molar-refractivity contribution is 6.35. The summed E-state index contributed by atoms with van der Waals surface area (Å²) in [5.41, 5.74) is 2.06. The molecule has 3 aromatic rings. The van der Waals surface area contributed by atoms with E-state index in [1.165, 1.54) is 18.5 Å². The first kappa shape index (κ1) is 24.5. The number of rotatable bonds is 8. The van der Waals surface area contributed by atoms with Gasteiger partial charge in [-0.2, -0.15) is 0 Å². The predicted octanol–water partition coefficient (Wildman–Crippen LogP) is 5.68. The number of phenolic OH excluding ortho intramolecular Hbond substituents is 1. The number of benzene rings is 1. The Morgan fingerprint density at radius 1 is 1.00 bits per heavy atom. The van der Waals surface area contributed by atoms with Crippen molar-refractivity contribution in [1.82, 2.24) is 9.97 Å². The second kappa shape index (κ2) is 11.1. The summed E-state index contributed by atoms with van der Waals surface area (Å²) < 4.78 is 10.5. The van der Waals surface area contributed by atoms with Crippen LogP contribution in [0.4, 0.5) is 0 Å². The molecule has 0 aliphatic carbocycles. The number of hydrogen-bond acceptors (Lipinski definition) is 7. The molecule has 1 N–H and O–H groups in total. The van der Waals surface area contributed by atoms with Crippen LogP contribution in [0, 0.1) is 0 Å². The molecule has 33 heavy (non-hydrogen) atoms. The summed E-state index contributed by atoms with van der Waals surface area (Å²) in [5, 5.41) is 10.7. The first-order valence-electron chi connectivity index (χ1n) is 10.2. The standard InChI is InChI=1S/C24H22Cl2N2O5/c1-3-32-23(30)17-12-27-20(10-16(17)15-6-4-5-7-21(15)29)14(2)8-9-33-24(31)18-13-28-22(26)11-19(18)25/h4-7,10-14,29H,3,8-9H2,1-2H3. The van der Waals surface area contributed by atoms with Crippen LogP contribution in [-0.2, 0) is 9.47 Å². The first-order valence-corrected chi connectivity index (χ1v) is 11.0. The van der Waals surface area contributed by atoms with Crippen molar-refractivity contribution in [2.75, 3.05) is 13.2 Å². The fraction of sp³-hybridized carbons (Fsp3) is 0.250. The van der Waals surface area contributed by atoms with E-state index in [2.05, 4.69) is 9.97 Å². The maximum Gasteiger partial charge on any atom is 0.341 e.